The van der Waals surface area contributed by atoms with Crippen LogP contribution in [0.1, 0.15) is 43.0 Å². The highest BCUT2D eigenvalue weighted by Crippen LogP contribution is 2.25. The van der Waals surface area contributed by atoms with Gasteiger partial charge in [0.15, 0.2) is 9.84 Å². The van der Waals surface area contributed by atoms with Crippen molar-refractivity contribution in [2.75, 3.05) is 23.8 Å². The van der Waals surface area contributed by atoms with E-state index in [1.165, 1.54) is 11.8 Å². The summed E-state index contributed by atoms with van der Waals surface area (Å²) in [5.41, 5.74) is 2.15. The third-order valence-electron chi connectivity index (χ3n) is 4.48. The summed E-state index contributed by atoms with van der Waals surface area (Å²) < 4.78 is 23.6. The van der Waals surface area contributed by atoms with Crippen molar-refractivity contribution in [3.8, 4) is 6.07 Å². The average Bonchev–Trinajstić information content (AvgIpc) is 2.92. The Hall–Kier alpha value is -1.59. The highest BCUT2D eigenvalue weighted by atomic mass is 32.2. The quantitative estimate of drug-likeness (QED) is 0.659. The first-order valence-corrected chi connectivity index (χ1v) is 11.6. The van der Waals surface area contributed by atoms with Gasteiger partial charge in [-0.1, -0.05) is 25.1 Å². The zero-order chi connectivity index (χ0) is 19.3. The first kappa shape index (κ1) is 20.7. The van der Waals surface area contributed by atoms with Gasteiger partial charge in [-0.05, 0) is 38.3 Å². The molecule has 142 valence electrons. The normalized spacial score (nSPS) is 18.5. The third kappa shape index (κ3) is 5.21. The van der Waals surface area contributed by atoms with E-state index in [-0.39, 0.29) is 29.2 Å². The van der Waals surface area contributed by atoms with Gasteiger partial charge in [-0.25, -0.2) is 13.4 Å². The molecule has 1 aromatic heterocycles. The Morgan fingerprint density at radius 3 is 2.77 bits per heavy atom. The van der Waals surface area contributed by atoms with Gasteiger partial charge in [0.05, 0.1) is 22.8 Å². The number of rotatable bonds is 7. The molecule has 1 aliphatic rings. The largest absolute Gasteiger partial charge is 0.338 e. The van der Waals surface area contributed by atoms with Crippen molar-refractivity contribution >= 4 is 27.5 Å². The molecule has 1 aliphatic heterocycles. The van der Waals surface area contributed by atoms with Gasteiger partial charge in [0.25, 0.3) is 0 Å². The van der Waals surface area contributed by atoms with Crippen LogP contribution in [0.15, 0.2) is 11.1 Å². The fourth-order valence-electron chi connectivity index (χ4n) is 3.12. The summed E-state index contributed by atoms with van der Waals surface area (Å²) in [5, 5.41) is 9.91. The Kier molecular flexibility index (Phi) is 7.07. The average molecular weight is 396 g/mol. The molecule has 0 aromatic carbocycles. The fraction of sp³-hybridized carbons (Fsp3) is 0.611. The van der Waals surface area contributed by atoms with Crippen LogP contribution in [-0.2, 0) is 14.6 Å². The molecule has 0 unspecified atom stereocenters. The monoisotopic (exact) mass is 395 g/mol. The highest BCUT2D eigenvalue weighted by Gasteiger charge is 2.34. The molecule has 2 heterocycles. The van der Waals surface area contributed by atoms with Crippen molar-refractivity contribution < 1.29 is 13.2 Å². The zero-order valence-corrected chi connectivity index (χ0v) is 17.1. The number of aryl methyl sites for hydroxylation is 2. The van der Waals surface area contributed by atoms with Crippen molar-refractivity contribution in [3.63, 3.8) is 0 Å². The lowest BCUT2D eigenvalue weighted by molar-refractivity contribution is -0.130. The third-order valence-corrected chi connectivity index (χ3v) is 7.19. The number of nitriles is 1. The molecule has 0 bridgehead atoms. The van der Waals surface area contributed by atoms with E-state index >= 15 is 0 Å². The van der Waals surface area contributed by atoms with Crippen LogP contribution in [0.4, 0.5) is 0 Å². The van der Waals surface area contributed by atoms with Crippen LogP contribution in [0.5, 0.6) is 0 Å². The van der Waals surface area contributed by atoms with Gasteiger partial charge in [0.1, 0.15) is 11.1 Å². The molecule has 0 spiro atoms. The molecule has 26 heavy (non-hydrogen) atoms. The lowest BCUT2D eigenvalue weighted by atomic mass is 10.1. The van der Waals surface area contributed by atoms with E-state index in [0.29, 0.717) is 23.6 Å². The van der Waals surface area contributed by atoms with Crippen molar-refractivity contribution in [1.29, 1.82) is 5.26 Å². The minimum atomic E-state index is -3.04. The Morgan fingerprint density at radius 2 is 2.19 bits per heavy atom. The molecule has 0 N–H and O–H groups in total. The second kappa shape index (κ2) is 8.87. The van der Waals surface area contributed by atoms with Gasteiger partial charge < -0.3 is 4.90 Å². The van der Waals surface area contributed by atoms with E-state index < -0.39 is 9.84 Å². The molecule has 0 aliphatic carbocycles. The smallest absolute Gasteiger partial charge is 0.233 e. The molecule has 1 fully saturated rings. The predicted molar refractivity (Wildman–Crippen MR) is 103 cm³/mol. The first-order chi connectivity index (χ1) is 12.3. The van der Waals surface area contributed by atoms with Crippen LogP contribution >= 0.6 is 11.8 Å². The first-order valence-electron chi connectivity index (χ1n) is 8.78. The summed E-state index contributed by atoms with van der Waals surface area (Å²) in [5.74, 6) is 0.275. The van der Waals surface area contributed by atoms with E-state index in [0.717, 1.165) is 24.1 Å². The molecule has 1 atom stereocenters. The number of hydrogen-bond acceptors (Lipinski definition) is 6. The number of sulfone groups is 1. The number of hydrogen-bond donors (Lipinski definition) is 0. The Morgan fingerprint density at radius 1 is 1.46 bits per heavy atom. The minimum Gasteiger partial charge on any atom is -0.338 e. The van der Waals surface area contributed by atoms with E-state index in [4.69, 9.17) is 0 Å². The molecule has 0 radical (unpaired) electrons. The second-order valence-corrected chi connectivity index (χ2v) is 9.85. The van der Waals surface area contributed by atoms with Gasteiger partial charge in [-0.15, -0.1) is 0 Å². The second-order valence-electron chi connectivity index (χ2n) is 6.66. The Balaban J connectivity index is 2.12. The maximum atomic E-state index is 12.8. The molecular formula is C18H25N3O3S2. The number of amides is 1. The van der Waals surface area contributed by atoms with Gasteiger partial charge in [0, 0.05) is 18.3 Å². The molecule has 6 nitrogen and oxygen atoms in total. The number of carbonyl (C=O) groups excluding carboxylic acids is 1. The van der Waals surface area contributed by atoms with Gasteiger partial charge >= 0.3 is 0 Å². The molecular weight excluding hydrogens is 370 g/mol. The van der Waals surface area contributed by atoms with E-state index in [9.17, 15) is 18.5 Å². The molecule has 1 amide bonds. The van der Waals surface area contributed by atoms with Crippen molar-refractivity contribution in [3.05, 3.63) is 22.9 Å². The Labute approximate surface area is 159 Å². The maximum absolute atomic E-state index is 12.8. The van der Waals surface area contributed by atoms with Crippen LogP contribution in [-0.4, -0.2) is 54.1 Å². The predicted octanol–water partition coefficient (Wildman–Crippen LogP) is 2.48. The van der Waals surface area contributed by atoms with Crippen LogP contribution < -0.4 is 0 Å². The number of carbonyl (C=O) groups is 1. The lowest BCUT2D eigenvalue weighted by Crippen LogP contribution is -2.42. The van der Waals surface area contributed by atoms with Gasteiger partial charge in [-0.2, -0.15) is 5.26 Å². The van der Waals surface area contributed by atoms with Gasteiger partial charge in [0.2, 0.25) is 5.91 Å². The fourth-order valence-corrected chi connectivity index (χ4v) is 5.83. The summed E-state index contributed by atoms with van der Waals surface area (Å²) in [4.78, 5) is 18.9. The number of nitrogens with zero attached hydrogens (tertiary/aromatic N) is 3. The number of unbranched alkanes of at least 4 members (excludes halogenated alkanes) is 1. The van der Waals surface area contributed by atoms with Crippen molar-refractivity contribution in [2.45, 2.75) is 51.1 Å². The number of aromatic nitrogens is 1. The summed E-state index contributed by atoms with van der Waals surface area (Å²) in [6.07, 6.45) is 2.29. The van der Waals surface area contributed by atoms with E-state index in [1.807, 2.05) is 26.8 Å². The molecule has 0 saturated carbocycles. The van der Waals surface area contributed by atoms with Crippen molar-refractivity contribution in [2.24, 2.45) is 0 Å². The highest BCUT2D eigenvalue weighted by molar-refractivity contribution is 8.00. The Bertz CT molecular complexity index is 816. The summed E-state index contributed by atoms with van der Waals surface area (Å²) >= 11 is 1.25. The van der Waals surface area contributed by atoms with Crippen LogP contribution in [0.2, 0.25) is 0 Å². The summed E-state index contributed by atoms with van der Waals surface area (Å²) in [7, 11) is -3.04. The van der Waals surface area contributed by atoms with Crippen LogP contribution in [0, 0.1) is 25.2 Å². The standard InChI is InChI=1S/C18H25N3O3S2/c1-4-5-7-21(15-6-8-26(23,24)12-15)17(22)11-25-18-16(10-19)13(2)9-14(3)20-18/h9,15H,4-8,11-12H2,1-3H3/t15-/m1/s1. The zero-order valence-electron chi connectivity index (χ0n) is 15.5. The maximum Gasteiger partial charge on any atom is 0.233 e. The topological polar surface area (TPSA) is 91.1 Å². The molecule has 1 aromatic rings. The molecule has 8 heteroatoms. The van der Waals surface area contributed by atoms with Crippen molar-refractivity contribution in [1.82, 2.24) is 9.88 Å². The van der Waals surface area contributed by atoms with E-state index in [2.05, 4.69) is 11.1 Å². The molecule has 1 saturated heterocycles. The SMILES string of the molecule is CCCCN(C(=O)CSc1nc(C)cc(C)c1C#N)[C@@H]1CCS(=O)(=O)C1. The van der Waals surface area contributed by atoms with Gasteiger partial charge in [-0.3, -0.25) is 4.79 Å². The lowest BCUT2D eigenvalue weighted by Gasteiger charge is -2.28. The summed E-state index contributed by atoms with van der Waals surface area (Å²) in [6.45, 7) is 6.33. The summed E-state index contributed by atoms with van der Waals surface area (Å²) in [6, 6.07) is 3.77. The van der Waals surface area contributed by atoms with Crippen LogP contribution in [0.3, 0.4) is 0 Å². The molecule has 2 rings (SSSR count). The van der Waals surface area contributed by atoms with Crippen LogP contribution in [0.25, 0.3) is 0 Å². The minimum absolute atomic E-state index is 0.0539. The van der Waals surface area contributed by atoms with E-state index in [1.54, 1.807) is 4.90 Å². The number of pyridine rings is 1. The number of thioether (sulfide) groups is 1.